The Hall–Kier alpha value is -1.59. The molecule has 176 valence electrons. The zero-order valence-electron chi connectivity index (χ0n) is 19.1. The summed E-state index contributed by atoms with van der Waals surface area (Å²) in [5.41, 5.74) is 6.47. The third-order valence-electron chi connectivity index (χ3n) is 9.55. The van der Waals surface area contributed by atoms with Crippen LogP contribution < -0.4 is 10.5 Å². The van der Waals surface area contributed by atoms with Gasteiger partial charge in [0.1, 0.15) is 11.8 Å². The van der Waals surface area contributed by atoms with Gasteiger partial charge in [0.25, 0.3) is 0 Å². The van der Waals surface area contributed by atoms with Gasteiger partial charge in [-0.2, -0.15) is 0 Å². The molecule has 0 heterocycles. The molecule has 5 nitrogen and oxygen atoms in total. The first-order chi connectivity index (χ1) is 15.5. The number of aliphatic hydroxyl groups excluding tert-OH is 1. The lowest BCUT2D eigenvalue weighted by atomic mass is 9.53. The van der Waals surface area contributed by atoms with Crippen LogP contribution in [0.1, 0.15) is 69.8 Å². The Morgan fingerprint density at radius 2 is 1.56 bits per heavy atom. The van der Waals surface area contributed by atoms with Crippen molar-refractivity contribution in [2.24, 2.45) is 47.2 Å². The molecule has 0 radical (unpaired) electrons. The Balaban J connectivity index is 1.15. The number of nitrogens with two attached hydrogens (primary N) is 1. The number of fused-ring (bicyclic) bond motifs is 5. The van der Waals surface area contributed by atoms with E-state index in [0.29, 0.717) is 5.75 Å². The first-order valence-corrected chi connectivity index (χ1v) is 12.9. The molecule has 5 rings (SSSR count). The van der Waals surface area contributed by atoms with Crippen LogP contribution in [0.2, 0.25) is 0 Å². The molecule has 1 aromatic carbocycles. The second-order valence-corrected chi connectivity index (χ2v) is 11.1. The second kappa shape index (κ2) is 9.34. The Morgan fingerprint density at radius 3 is 2.28 bits per heavy atom. The molecule has 4 saturated carbocycles. The van der Waals surface area contributed by atoms with Gasteiger partial charge in [-0.3, -0.25) is 4.79 Å². The zero-order chi connectivity index (χ0) is 22.2. The number of carboxylic acid groups (broad SMARTS) is 1. The molecule has 8 unspecified atom stereocenters. The fraction of sp³-hybridized carbons (Fsp3) is 0.741. The van der Waals surface area contributed by atoms with E-state index >= 15 is 0 Å². The van der Waals surface area contributed by atoms with Crippen molar-refractivity contribution in [1.82, 2.24) is 0 Å². The highest BCUT2D eigenvalue weighted by Crippen LogP contribution is 2.58. The maximum absolute atomic E-state index is 10.9. The first kappa shape index (κ1) is 22.2. The predicted octanol–water partition coefficient (Wildman–Crippen LogP) is 4.61. The minimum Gasteiger partial charge on any atom is -0.480 e. The van der Waals surface area contributed by atoms with E-state index in [1.807, 2.05) is 24.3 Å². The molecule has 4 N–H and O–H groups in total. The fourth-order valence-electron chi connectivity index (χ4n) is 8.05. The van der Waals surface area contributed by atoms with Crippen molar-refractivity contribution in [3.8, 4) is 5.75 Å². The number of ether oxygens (including phenoxy) is 1. The van der Waals surface area contributed by atoms with Crippen LogP contribution in [0.4, 0.5) is 0 Å². The lowest BCUT2D eigenvalue weighted by molar-refractivity contribution is -0.138. The topological polar surface area (TPSA) is 92.8 Å². The van der Waals surface area contributed by atoms with Crippen LogP contribution in [-0.2, 0) is 11.2 Å². The average molecular weight is 442 g/mol. The van der Waals surface area contributed by atoms with Gasteiger partial charge in [0.05, 0.1) is 0 Å². The molecule has 4 aliphatic carbocycles. The monoisotopic (exact) mass is 441 g/mol. The molecule has 4 fully saturated rings. The Kier molecular flexibility index (Phi) is 6.48. The van der Waals surface area contributed by atoms with E-state index in [0.717, 1.165) is 53.9 Å². The second-order valence-electron chi connectivity index (χ2n) is 11.1. The van der Waals surface area contributed by atoms with Crippen LogP contribution >= 0.6 is 0 Å². The minimum absolute atomic E-state index is 0.204. The van der Waals surface area contributed by atoms with E-state index in [1.165, 1.54) is 51.4 Å². The van der Waals surface area contributed by atoms with Gasteiger partial charge in [-0.05, 0) is 111 Å². The smallest absolute Gasteiger partial charge is 0.320 e. The number of benzene rings is 1. The number of rotatable bonds is 6. The van der Waals surface area contributed by atoms with Gasteiger partial charge in [0.15, 0.2) is 6.29 Å². The maximum Gasteiger partial charge on any atom is 0.320 e. The van der Waals surface area contributed by atoms with E-state index in [4.69, 9.17) is 15.6 Å². The zero-order valence-corrected chi connectivity index (χ0v) is 19.1. The van der Waals surface area contributed by atoms with Crippen LogP contribution in [0.25, 0.3) is 0 Å². The number of aliphatic carboxylic acids is 1. The van der Waals surface area contributed by atoms with Crippen LogP contribution in [0, 0.1) is 41.4 Å². The van der Waals surface area contributed by atoms with Crippen LogP contribution in [0.3, 0.4) is 0 Å². The van der Waals surface area contributed by atoms with E-state index in [-0.39, 0.29) is 12.3 Å². The van der Waals surface area contributed by atoms with Gasteiger partial charge >= 0.3 is 5.97 Å². The SMILES string of the molecule is N[C@@H](Cc1ccc(OC(O)C2CCC3C(CCC4C5CCCC5CCC34)C2)cc1)C(=O)O. The van der Waals surface area contributed by atoms with Crippen molar-refractivity contribution in [3.63, 3.8) is 0 Å². The van der Waals surface area contributed by atoms with Crippen molar-refractivity contribution in [2.75, 3.05) is 0 Å². The van der Waals surface area contributed by atoms with Gasteiger partial charge in [0.2, 0.25) is 0 Å². The Bertz CT molecular complexity index is 795. The van der Waals surface area contributed by atoms with E-state index in [9.17, 15) is 9.90 Å². The molecule has 0 aromatic heterocycles. The maximum atomic E-state index is 10.9. The summed E-state index contributed by atoms with van der Waals surface area (Å²) in [7, 11) is 0. The van der Waals surface area contributed by atoms with Gasteiger partial charge in [0, 0.05) is 5.92 Å². The normalized spacial score (nSPS) is 38.1. The molecule has 0 spiro atoms. The Labute approximate surface area is 191 Å². The highest BCUT2D eigenvalue weighted by atomic mass is 16.6. The van der Waals surface area contributed by atoms with Crippen LogP contribution in [0.15, 0.2) is 24.3 Å². The summed E-state index contributed by atoms with van der Waals surface area (Å²) in [5, 5.41) is 19.8. The molecule has 0 saturated heterocycles. The molecule has 4 aliphatic rings. The number of hydrogen-bond acceptors (Lipinski definition) is 4. The van der Waals surface area contributed by atoms with Crippen LogP contribution in [0.5, 0.6) is 5.75 Å². The largest absolute Gasteiger partial charge is 0.480 e. The quantitative estimate of drug-likeness (QED) is 0.561. The fourth-order valence-corrected chi connectivity index (χ4v) is 8.05. The number of aliphatic hydroxyl groups is 1. The van der Waals surface area contributed by atoms with Gasteiger partial charge in [-0.15, -0.1) is 0 Å². The summed E-state index contributed by atoms with van der Waals surface area (Å²) in [6.07, 6.45) is 13.0. The molecular formula is C27H39NO4. The van der Waals surface area contributed by atoms with Crippen molar-refractivity contribution in [3.05, 3.63) is 29.8 Å². The van der Waals surface area contributed by atoms with E-state index in [2.05, 4.69) is 0 Å². The van der Waals surface area contributed by atoms with E-state index < -0.39 is 18.3 Å². The van der Waals surface area contributed by atoms with Gasteiger partial charge < -0.3 is 20.7 Å². The summed E-state index contributed by atoms with van der Waals surface area (Å²) >= 11 is 0. The third-order valence-corrected chi connectivity index (χ3v) is 9.55. The molecule has 0 amide bonds. The number of hydrogen-bond donors (Lipinski definition) is 3. The van der Waals surface area contributed by atoms with Crippen LogP contribution in [-0.4, -0.2) is 28.5 Å². The van der Waals surface area contributed by atoms with Crippen molar-refractivity contribution >= 4 is 5.97 Å². The van der Waals surface area contributed by atoms with Gasteiger partial charge in [-0.25, -0.2) is 0 Å². The van der Waals surface area contributed by atoms with Crippen molar-refractivity contribution in [2.45, 2.75) is 83.0 Å². The lowest BCUT2D eigenvalue weighted by Gasteiger charge is -2.53. The Morgan fingerprint density at radius 1 is 0.906 bits per heavy atom. The summed E-state index contributed by atoms with van der Waals surface area (Å²) in [6.45, 7) is 0. The lowest BCUT2D eigenvalue weighted by Crippen LogP contribution is -2.46. The summed E-state index contributed by atoms with van der Waals surface area (Å²) in [4.78, 5) is 10.9. The molecule has 32 heavy (non-hydrogen) atoms. The molecule has 9 atom stereocenters. The first-order valence-electron chi connectivity index (χ1n) is 12.9. The summed E-state index contributed by atoms with van der Waals surface area (Å²) in [6, 6.07) is 6.39. The predicted molar refractivity (Wildman–Crippen MR) is 123 cm³/mol. The summed E-state index contributed by atoms with van der Waals surface area (Å²) in [5.74, 6) is 5.45. The molecule has 0 aliphatic heterocycles. The van der Waals surface area contributed by atoms with Crippen molar-refractivity contribution in [1.29, 1.82) is 0 Å². The summed E-state index contributed by atoms with van der Waals surface area (Å²) < 4.78 is 5.91. The molecule has 5 heteroatoms. The van der Waals surface area contributed by atoms with E-state index in [1.54, 1.807) is 0 Å². The average Bonchev–Trinajstić information content (AvgIpc) is 3.29. The molecule has 1 aromatic rings. The highest BCUT2D eigenvalue weighted by molar-refractivity contribution is 5.73. The minimum atomic E-state index is -0.998. The van der Waals surface area contributed by atoms with Crippen molar-refractivity contribution < 1.29 is 19.7 Å². The standard InChI is InChI=1S/C27H39NO4/c28-25(26(29)30)14-16-4-9-20(10-5-16)32-27(31)19-8-11-22-18(15-19)7-13-23-21-3-1-2-17(21)6-12-24(22)23/h4-5,9-10,17-19,21-25,27,31H,1-3,6-8,11-15,28H2,(H,29,30)/t17?,18?,19?,21?,22?,23?,24?,25-,27?/m0/s1. The number of carboxylic acids is 1. The van der Waals surface area contributed by atoms with Gasteiger partial charge in [-0.1, -0.05) is 25.0 Å². The molecular weight excluding hydrogens is 402 g/mol. The number of carbonyl (C=O) groups is 1. The molecule has 0 bridgehead atoms. The third kappa shape index (κ3) is 4.43. The highest BCUT2D eigenvalue weighted by Gasteiger charge is 2.50.